The van der Waals surface area contributed by atoms with Crippen molar-refractivity contribution in [2.75, 3.05) is 0 Å². The molecular weight excluding hydrogens is 164 g/mol. The van der Waals surface area contributed by atoms with Crippen molar-refractivity contribution in [3.8, 4) is 0 Å². The summed E-state index contributed by atoms with van der Waals surface area (Å²) in [5.41, 5.74) is 3.05. The second kappa shape index (κ2) is 2.69. The van der Waals surface area contributed by atoms with Gasteiger partial charge < -0.3 is 4.57 Å². The number of aldehydes is 1. The van der Waals surface area contributed by atoms with Crippen LogP contribution in [-0.2, 0) is 7.05 Å². The van der Waals surface area contributed by atoms with Crippen molar-refractivity contribution in [3.05, 3.63) is 29.6 Å². The first kappa shape index (κ1) is 7.98. The number of rotatable bonds is 1. The minimum atomic E-state index is 0.473. The SMILES string of the molecule is Cc1ccc2nc(C=O)n(C)c2c1. The van der Waals surface area contributed by atoms with Gasteiger partial charge in [-0.05, 0) is 24.6 Å². The topological polar surface area (TPSA) is 34.9 Å². The minimum absolute atomic E-state index is 0.473. The molecule has 0 saturated heterocycles. The number of benzene rings is 1. The molecule has 1 aromatic heterocycles. The maximum Gasteiger partial charge on any atom is 0.185 e. The lowest BCUT2D eigenvalue weighted by atomic mass is 10.2. The number of aromatic nitrogens is 2. The van der Waals surface area contributed by atoms with Crippen LogP contribution in [0.1, 0.15) is 16.2 Å². The Hall–Kier alpha value is -1.64. The fraction of sp³-hybridized carbons (Fsp3) is 0.200. The van der Waals surface area contributed by atoms with E-state index in [-0.39, 0.29) is 0 Å². The molecule has 3 nitrogen and oxygen atoms in total. The Kier molecular flexibility index (Phi) is 1.65. The zero-order chi connectivity index (χ0) is 9.42. The summed E-state index contributed by atoms with van der Waals surface area (Å²) in [6.45, 7) is 2.02. The van der Waals surface area contributed by atoms with E-state index in [9.17, 15) is 4.79 Å². The zero-order valence-electron chi connectivity index (χ0n) is 7.61. The van der Waals surface area contributed by atoms with E-state index in [0.29, 0.717) is 5.82 Å². The minimum Gasteiger partial charge on any atom is -0.325 e. The lowest BCUT2D eigenvalue weighted by Gasteiger charge is -1.96. The smallest absolute Gasteiger partial charge is 0.185 e. The van der Waals surface area contributed by atoms with Crippen LogP contribution in [0.25, 0.3) is 11.0 Å². The molecule has 0 fully saturated rings. The van der Waals surface area contributed by atoms with Crippen LogP contribution in [-0.4, -0.2) is 15.8 Å². The number of carbonyl (C=O) groups is 1. The Morgan fingerprint density at radius 2 is 2.23 bits per heavy atom. The van der Waals surface area contributed by atoms with Crippen molar-refractivity contribution in [3.63, 3.8) is 0 Å². The van der Waals surface area contributed by atoms with E-state index in [1.165, 1.54) is 5.56 Å². The number of carbonyl (C=O) groups excluding carboxylic acids is 1. The molecule has 66 valence electrons. The highest BCUT2D eigenvalue weighted by Gasteiger charge is 2.05. The zero-order valence-corrected chi connectivity index (χ0v) is 7.61. The van der Waals surface area contributed by atoms with Crippen LogP contribution in [0.15, 0.2) is 18.2 Å². The van der Waals surface area contributed by atoms with Crippen LogP contribution in [0.5, 0.6) is 0 Å². The van der Waals surface area contributed by atoms with Gasteiger partial charge in [-0.2, -0.15) is 0 Å². The summed E-state index contributed by atoms with van der Waals surface area (Å²) in [4.78, 5) is 14.8. The van der Waals surface area contributed by atoms with Gasteiger partial charge in [-0.15, -0.1) is 0 Å². The van der Waals surface area contributed by atoms with E-state index in [1.807, 2.05) is 32.2 Å². The maximum absolute atomic E-state index is 10.6. The van der Waals surface area contributed by atoms with Gasteiger partial charge in [0.15, 0.2) is 12.1 Å². The van der Waals surface area contributed by atoms with Crippen molar-refractivity contribution in [2.24, 2.45) is 7.05 Å². The van der Waals surface area contributed by atoms with Gasteiger partial charge in [-0.25, -0.2) is 4.98 Å². The molecule has 13 heavy (non-hydrogen) atoms. The Morgan fingerprint density at radius 3 is 2.92 bits per heavy atom. The van der Waals surface area contributed by atoms with E-state index in [1.54, 1.807) is 4.57 Å². The molecule has 3 heteroatoms. The van der Waals surface area contributed by atoms with Crippen LogP contribution in [0.2, 0.25) is 0 Å². The van der Waals surface area contributed by atoms with Crippen molar-refractivity contribution in [2.45, 2.75) is 6.92 Å². The van der Waals surface area contributed by atoms with E-state index in [4.69, 9.17) is 0 Å². The third-order valence-corrected chi connectivity index (χ3v) is 2.18. The number of nitrogens with zero attached hydrogens (tertiary/aromatic N) is 2. The number of hydrogen-bond donors (Lipinski definition) is 0. The third-order valence-electron chi connectivity index (χ3n) is 2.18. The van der Waals surface area contributed by atoms with Crippen LogP contribution >= 0.6 is 0 Å². The van der Waals surface area contributed by atoms with Gasteiger partial charge in [0.1, 0.15) is 0 Å². The van der Waals surface area contributed by atoms with Crippen molar-refractivity contribution < 1.29 is 4.79 Å². The predicted molar refractivity (Wildman–Crippen MR) is 50.8 cm³/mol. The molecule has 0 aliphatic rings. The summed E-state index contributed by atoms with van der Waals surface area (Å²) in [6.07, 6.45) is 0.773. The largest absolute Gasteiger partial charge is 0.325 e. The first-order valence-electron chi connectivity index (χ1n) is 4.10. The van der Waals surface area contributed by atoms with E-state index < -0.39 is 0 Å². The van der Waals surface area contributed by atoms with Crippen LogP contribution in [0.3, 0.4) is 0 Å². The first-order valence-corrected chi connectivity index (χ1v) is 4.10. The third kappa shape index (κ3) is 1.13. The normalized spacial score (nSPS) is 10.6. The molecule has 2 aromatic rings. The first-order chi connectivity index (χ1) is 6.22. The number of aryl methyl sites for hydroxylation is 2. The molecule has 0 aliphatic heterocycles. The van der Waals surface area contributed by atoms with Crippen LogP contribution in [0.4, 0.5) is 0 Å². The Balaban J connectivity index is 2.84. The Bertz CT molecular complexity index is 471. The Labute approximate surface area is 76.0 Å². The molecule has 0 atom stereocenters. The average molecular weight is 174 g/mol. The highest BCUT2D eigenvalue weighted by Crippen LogP contribution is 2.15. The second-order valence-electron chi connectivity index (χ2n) is 3.14. The fourth-order valence-corrected chi connectivity index (χ4v) is 1.42. The van der Waals surface area contributed by atoms with Gasteiger partial charge in [0.25, 0.3) is 0 Å². The molecule has 2 rings (SSSR count). The molecule has 0 unspecified atom stereocenters. The van der Waals surface area contributed by atoms with Crippen molar-refractivity contribution in [1.29, 1.82) is 0 Å². The quantitative estimate of drug-likeness (QED) is 0.617. The molecule has 0 aliphatic carbocycles. The molecule has 0 amide bonds. The van der Waals surface area contributed by atoms with Gasteiger partial charge >= 0.3 is 0 Å². The fourth-order valence-electron chi connectivity index (χ4n) is 1.42. The maximum atomic E-state index is 10.6. The number of imidazole rings is 1. The predicted octanol–water partition coefficient (Wildman–Crippen LogP) is 1.69. The number of hydrogen-bond acceptors (Lipinski definition) is 2. The van der Waals surface area contributed by atoms with E-state index >= 15 is 0 Å². The summed E-state index contributed by atoms with van der Waals surface area (Å²) in [6, 6.07) is 5.94. The summed E-state index contributed by atoms with van der Waals surface area (Å²) >= 11 is 0. The molecule has 1 aromatic carbocycles. The van der Waals surface area contributed by atoms with Gasteiger partial charge in [-0.3, -0.25) is 4.79 Å². The highest BCUT2D eigenvalue weighted by molar-refractivity contribution is 5.83. The summed E-state index contributed by atoms with van der Waals surface area (Å²) in [7, 11) is 1.85. The molecule has 0 radical (unpaired) electrons. The lowest BCUT2D eigenvalue weighted by molar-refractivity contribution is 0.111. The Morgan fingerprint density at radius 1 is 1.46 bits per heavy atom. The monoisotopic (exact) mass is 174 g/mol. The van der Waals surface area contributed by atoms with Gasteiger partial charge in [0.05, 0.1) is 11.0 Å². The average Bonchev–Trinajstić information content (AvgIpc) is 2.44. The summed E-state index contributed by atoms with van der Waals surface area (Å²) in [5, 5.41) is 0. The lowest BCUT2D eigenvalue weighted by Crippen LogP contribution is -1.94. The molecule has 0 saturated carbocycles. The molecule has 1 heterocycles. The summed E-state index contributed by atoms with van der Waals surface area (Å²) < 4.78 is 1.80. The van der Waals surface area contributed by atoms with Gasteiger partial charge in [-0.1, -0.05) is 6.07 Å². The van der Waals surface area contributed by atoms with Crippen molar-refractivity contribution >= 4 is 17.3 Å². The van der Waals surface area contributed by atoms with Gasteiger partial charge in [0, 0.05) is 7.05 Å². The summed E-state index contributed by atoms with van der Waals surface area (Å²) in [5.74, 6) is 0.473. The van der Waals surface area contributed by atoms with Crippen molar-refractivity contribution in [1.82, 2.24) is 9.55 Å². The molecule has 0 bridgehead atoms. The number of fused-ring (bicyclic) bond motifs is 1. The van der Waals surface area contributed by atoms with E-state index in [0.717, 1.165) is 17.3 Å². The highest BCUT2D eigenvalue weighted by atomic mass is 16.1. The van der Waals surface area contributed by atoms with E-state index in [2.05, 4.69) is 4.98 Å². The van der Waals surface area contributed by atoms with Crippen LogP contribution < -0.4 is 0 Å². The van der Waals surface area contributed by atoms with Gasteiger partial charge in [0.2, 0.25) is 0 Å². The van der Waals surface area contributed by atoms with Crippen LogP contribution in [0, 0.1) is 6.92 Å². The standard InChI is InChI=1S/C10H10N2O/c1-7-3-4-8-9(5-7)12(2)10(6-13)11-8/h3-6H,1-2H3. The molecule has 0 N–H and O–H groups in total. The second-order valence-corrected chi connectivity index (χ2v) is 3.14. The molecule has 0 spiro atoms. The molecular formula is C10H10N2O.